The summed E-state index contributed by atoms with van der Waals surface area (Å²) in [6.07, 6.45) is 1.99. The van der Waals surface area contributed by atoms with Crippen molar-refractivity contribution in [3.63, 3.8) is 0 Å². The molecule has 2 aromatic heterocycles. The molecule has 0 saturated heterocycles. The van der Waals surface area contributed by atoms with E-state index in [-0.39, 0.29) is 26.6 Å². The smallest absolute Gasteiger partial charge is 0.347 e. The van der Waals surface area contributed by atoms with Gasteiger partial charge in [0.05, 0.1) is 18.0 Å². The van der Waals surface area contributed by atoms with Gasteiger partial charge in [-0.25, -0.2) is 4.98 Å². The average Bonchev–Trinajstić information content (AvgIpc) is 3.87. The van der Waals surface area contributed by atoms with Crippen LogP contribution in [0.3, 0.4) is 0 Å². The van der Waals surface area contributed by atoms with Crippen molar-refractivity contribution in [3.8, 4) is 16.9 Å². The number of para-hydroxylation sites is 3. The van der Waals surface area contributed by atoms with E-state index in [2.05, 4.69) is 245 Å². The number of anilines is 3. The van der Waals surface area contributed by atoms with Crippen LogP contribution < -0.4 is 30.5 Å². The van der Waals surface area contributed by atoms with E-state index in [0.717, 1.165) is 34.6 Å². The van der Waals surface area contributed by atoms with Crippen molar-refractivity contribution in [3.05, 3.63) is 199 Å². The van der Waals surface area contributed by atoms with Crippen molar-refractivity contribution in [1.82, 2.24) is 9.55 Å². The Hall–Kier alpha value is -6.00. The van der Waals surface area contributed by atoms with E-state index in [0.29, 0.717) is 11.8 Å². The molecule has 1 aliphatic rings. The molecule has 4 nitrogen and oxygen atoms in total. The van der Waals surface area contributed by atoms with Gasteiger partial charge in [0.2, 0.25) is 0 Å². The largest absolute Gasteiger partial charge is 2.00 e. The second kappa shape index (κ2) is 17.2. The third kappa shape index (κ3) is 7.24. The van der Waals surface area contributed by atoms with E-state index in [9.17, 15) is 0 Å². The van der Waals surface area contributed by atoms with Gasteiger partial charge in [0.25, 0.3) is 0 Å². The first-order chi connectivity index (χ1) is 30.6. The summed E-state index contributed by atoms with van der Waals surface area (Å²) in [5, 5.41) is 7.27. The zero-order valence-electron chi connectivity index (χ0n) is 37.7. The molecule has 3 heterocycles. The summed E-state index contributed by atoms with van der Waals surface area (Å²) >= 11 is 0. The van der Waals surface area contributed by atoms with Gasteiger partial charge in [-0.15, -0.1) is 11.5 Å². The van der Waals surface area contributed by atoms with Crippen molar-refractivity contribution < 1.29 is 21.1 Å². The SMILES string of the molecule is CC(C)c1cccc(C(C)C)c1-c1ccnc(-n2c3[c-]c([Si](c4[c-]c(N5CN(C(C)(C)C)c6ccccc65)ccc4)(c4ccccc4)c4ccccc4)ccc3c3ccccc32)c1.[Pt+2]. The molecule has 1 aliphatic heterocycles. The van der Waals surface area contributed by atoms with Gasteiger partial charge in [0.15, 0.2) is 0 Å². The van der Waals surface area contributed by atoms with Gasteiger partial charge in [-0.3, -0.25) is 0 Å². The van der Waals surface area contributed by atoms with Crippen LogP contribution in [0.15, 0.2) is 176 Å². The second-order valence-electron chi connectivity index (χ2n) is 18.6. The summed E-state index contributed by atoms with van der Waals surface area (Å²) in [6, 6.07) is 70.9. The Labute approximate surface area is 394 Å². The fraction of sp³-hybridized carbons (Fsp3) is 0.190. The van der Waals surface area contributed by atoms with Gasteiger partial charge in [-0.1, -0.05) is 148 Å². The van der Waals surface area contributed by atoms with Crippen molar-refractivity contribution in [2.75, 3.05) is 16.5 Å². The van der Waals surface area contributed by atoms with Crippen LogP contribution in [0.4, 0.5) is 17.1 Å². The third-order valence-corrected chi connectivity index (χ3v) is 17.7. The van der Waals surface area contributed by atoms with Gasteiger partial charge in [-0.05, 0) is 101 Å². The minimum atomic E-state index is -3.11. The van der Waals surface area contributed by atoms with Crippen LogP contribution >= 0.6 is 0 Å². The molecule has 64 heavy (non-hydrogen) atoms. The molecular formula is C58H54N4PtSi. The fourth-order valence-electron chi connectivity index (χ4n) is 10.1. The minimum Gasteiger partial charge on any atom is -0.347 e. The molecule has 0 radical (unpaired) electrons. The Kier molecular flexibility index (Phi) is 11.6. The fourth-order valence-corrected chi connectivity index (χ4v) is 14.6. The number of hydrogen-bond donors (Lipinski definition) is 0. The van der Waals surface area contributed by atoms with Crippen LogP contribution in [0, 0.1) is 12.1 Å². The quantitative estimate of drug-likeness (QED) is 0.0818. The van der Waals surface area contributed by atoms with Crippen LogP contribution in [-0.2, 0) is 21.1 Å². The van der Waals surface area contributed by atoms with E-state index >= 15 is 0 Å². The first-order valence-corrected chi connectivity index (χ1v) is 24.4. The Morgan fingerprint density at radius 1 is 0.578 bits per heavy atom. The Morgan fingerprint density at radius 2 is 1.17 bits per heavy atom. The van der Waals surface area contributed by atoms with Crippen molar-refractivity contribution in [2.45, 2.75) is 65.8 Å². The Morgan fingerprint density at radius 3 is 1.83 bits per heavy atom. The average molecular weight is 1030 g/mol. The molecule has 7 aromatic carbocycles. The molecule has 6 heteroatoms. The predicted molar refractivity (Wildman–Crippen MR) is 269 cm³/mol. The van der Waals surface area contributed by atoms with Gasteiger partial charge in [-0.2, -0.15) is 46.8 Å². The normalized spacial score (nSPS) is 13.0. The first-order valence-electron chi connectivity index (χ1n) is 22.4. The van der Waals surface area contributed by atoms with Gasteiger partial charge < -0.3 is 14.4 Å². The molecule has 0 aliphatic carbocycles. The number of nitrogens with zero attached hydrogens (tertiary/aromatic N) is 4. The van der Waals surface area contributed by atoms with Crippen LogP contribution in [0.2, 0.25) is 0 Å². The monoisotopic (exact) mass is 1030 g/mol. The predicted octanol–water partition coefficient (Wildman–Crippen LogP) is 11.8. The van der Waals surface area contributed by atoms with Crippen LogP contribution in [0.25, 0.3) is 38.8 Å². The molecule has 0 amide bonds. The Bertz CT molecular complexity index is 3050. The molecule has 0 bridgehead atoms. The molecule has 0 spiro atoms. The molecule has 0 saturated carbocycles. The van der Waals surface area contributed by atoms with E-state index in [1.807, 2.05) is 6.20 Å². The van der Waals surface area contributed by atoms with Gasteiger partial charge in [0, 0.05) is 17.3 Å². The van der Waals surface area contributed by atoms with Crippen LogP contribution in [0.1, 0.15) is 71.4 Å². The molecule has 9 aromatic rings. The summed E-state index contributed by atoms with van der Waals surface area (Å²) in [4.78, 5) is 10.1. The van der Waals surface area contributed by atoms with Crippen LogP contribution in [0.5, 0.6) is 0 Å². The second-order valence-corrected chi connectivity index (χ2v) is 22.3. The van der Waals surface area contributed by atoms with E-state index in [1.54, 1.807) is 0 Å². The minimum absolute atomic E-state index is 0. The van der Waals surface area contributed by atoms with E-state index in [4.69, 9.17) is 4.98 Å². The molecule has 0 N–H and O–H groups in total. The maximum Gasteiger partial charge on any atom is 2.00 e. The molecule has 0 unspecified atom stereocenters. The maximum absolute atomic E-state index is 5.16. The summed E-state index contributed by atoms with van der Waals surface area (Å²) in [6.45, 7) is 16.8. The number of rotatable bonds is 9. The number of hydrogen-bond acceptors (Lipinski definition) is 3. The number of fused-ring (bicyclic) bond motifs is 4. The van der Waals surface area contributed by atoms with Gasteiger partial charge in [0.1, 0.15) is 13.9 Å². The van der Waals surface area contributed by atoms with Crippen molar-refractivity contribution in [1.29, 1.82) is 0 Å². The van der Waals surface area contributed by atoms with Crippen LogP contribution in [-0.4, -0.2) is 29.8 Å². The van der Waals surface area contributed by atoms with Gasteiger partial charge >= 0.3 is 21.1 Å². The summed E-state index contributed by atoms with van der Waals surface area (Å²) in [5.41, 5.74) is 10.8. The zero-order valence-corrected chi connectivity index (χ0v) is 41.0. The maximum atomic E-state index is 5.16. The topological polar surface area (TPSA) is 24.3 Å². The number of pyridine rings is 1. The Balaban J connectivity index is 0.00000518. The van der Waals surface area contributed by atoms with Crippen molar-refractivity contribution in [2.24, 2.45) is 0 Å². The standard InChI is InChI=1S/C58H54N4Si.Pt/c1-40(2)48-27-19-28-49(41(3)4)57(48)42-34-35-59-56(36-42)62-52-29-15-14-26-50(52)51-33-32-47(38-55(51)62)63(44-21-10-8-11-22-44,45-23-12-9-13-24-45)46-25-18-20-43(37-46)60-39-61(58(5,6)7)54-31-17-16-30-53(54)60;/h8-36,40-41H,39H2,1-7H3;/q-2;+2. The molecule has 10 rings (SSSR count). The van der Waals surface area contributed by atoms with E-state index in [1.165, 1.54) is 59.8 Å². The first kappa shape index (κ1) is 43.3. The molecular weight excluding hydrogens is 976 g/mol. The van der Waals surface area contributed by atoms with Crippen molar-refractivity contribution >= 4 is 67.7 Å². The molecule has 0 fully saturated rings. The zero-order chi connectivity index (χ0) is 43.5. The third-order valence-electron chi connectivity index (χ3n) is 13.1. The number of aromatic nitrogens is 2. The molecule has 0 atom stereocenters. The number of benzene rings is 7. The summed E-state index contributed by atoms with van der Waals surface area (Å²) in [7, 11) is -3.11. The summed E-state index contributed by atoms with van der Waals surface area (Å²) in [5.74, 6) is 1.64. The summed E-state index contributed by atoms with van der Waals surface area (Å²) < 4.78 is 2.35. The van der Waals surface area contributed by atoms with E-state index < -0.39 is 8.07 Å². The molecule has 320 valence electrons.